The van der Waals surface area contributed by atoms with Gasteiger partial charge in [-0.3, -0.25) is 4.79 Å². The number of aryl methyl sites for hydroxylation is 1. The number of amides is 1. The smallest absolute Gasteiger partial charge is 0.258 e. The molecule has 198 valence electrons. The van der Waals surface area contributed by atoms with Crippen molar-refractivity contribution in [2.24, 2.45) is 10.9 Å². The minimum atomic E-state index is -0.489. The van der Waals surface area contributed by atoms with Crippen LogP contribution in [0.4, 0.5) is 15.9 Å². The number of piperazine rings is 1. The van der Waals surface area contributed by atoms with E-state index in [2.05, 4.69) is 35.8 Å². The van der Waals surface area contributed by atoms with Gasteiger partial charge in [-0.1, -0.05) is 13.0 Å². The average Bonchev–Trinajstić information content (AvgIpc) is 3.32. The first-order valence-electron chi connectivity index (χ1n) is 12.8. The SMILES string of the molecule is CNC(=O)C1=C(\Oc2ccc3[nH]c(C)cc3c2F)C(C)C/C=C/N=C\1Nc1ccc(N2CCNCC2)cn1. The molecule has 3 aromatic rings. The van der Waals surface area contributed by atoms with Crippen LogP contribution in [0.2, 0.25) is 0 Å². The number of halogens is 1. The number of likely N-dealkylation sites (N-methyl/N-ethyl adjacent to an activating group) is 1. The number of allylic oxidation sites excluding steroid dienone is 2. The van der Waals surface area contributed by atoms with E-state index in [-0.39, 0.29) is 23.1 Å². The van der Waals surface area contributed by atoms with Crippen LogP contribution in [-0.4, -0.2) is 54.9 Å². The molecule has 1 fully saturated rings. The molecule has 1 amide bonds. The van der Waals surface area contributed by atoms with Crippen LogP contribution < -0.4 is 25.6 Å². The molecule has 5 rings (SSSR count). The van der Waals surface area contributed by atoms with Gasteiger partial charge in [0.15, 0.2) is 11.6 Å². The first kappa shape index (κ1) is 25.5. The van der Waals surface area contributed by atoms with Gasteiger partial charge in [-0.2, -0.15) is 0 Å². The van der Waals surface area contributed by atoms with Gasteiger partial charge in [0, 0.05) is 61.9 Å². The van der Waals surface area contributed by atoms with Gasteiger partial charge in [-0.25, -0.2) is 14.4 Å². The van der Waals surface area contributed by atoms with E-state index in [9.17, 15) is 4.79 Å². The summed E-state index contributed by atoms with van der Waals surface area (Å²) in [6, 6.07) is 8.93. The van der Waals surface area contributed by atoms with Gasteiger partial charge in [0.25, 0.3) is 5.91 Å². The maximum atomic E-state index is 15.4. The molecule has 1 atom stereocenters. The Hall–Kier alpha value is -4.18. The van der Waals surface area contributed by atoms with Crippen molar-refractivity contribution in [1.29, 1.82) is 0 Å². The standard InChI is InChI=1S/C28H32FN7O2/c1-17-5-4-10-32-27(35-23-9-6-19(16-33-23)36-13-11-31-12-14-36)24(28(37)30-3)26(17)38-22-8-7-21-20(25(22)29)15-18(2)34-21/h4,6-10,15-17,31,34H,5,11-14H2,1-3H3,(H,30,37)(H,32,33,35)/b10-4+,26-24-. The van der Waals surface area contributed by atoms with Gasteiger partial charge < -0.3 is 30.6 Å². The van der Waals surface area contributed by atoms with Crippen LogP contribution in [0.3, 0.4) is 0 Å². The van der Waals surface area contributed by atoms with Crippen molar-refractivity contribution in [3.05, 3.63) is 71.6 Å². The predicted molar refractivity (Wildman–Crippen MR) is 148 cm³/mol. The highest BCUT2D eigenvalue weighted by molar-refractivity contribution is 6.25. The maximum absolute atomic E-state index is 15.4. The molecular weight excluding hydrogens is 485 g/mol. The van der Waals surface area contributed by atoms with Crippen molar-refractivity contribution < 1.29 is 13.9 Å². The monoisotopic (exact) mass is 517 g/mol. The van der Waals surface area contributed by atoms with Crippen molar-refractivity contribution in [1.82, 2.24) is 20.6 Å². The number of pyridine rings is 1. The van der Waals surface area contributed by atoms with Crippen LogP contribution in [-0.2, 0) is 4.79 Å². The summed E-state index contributed by atoms with van der Waals surface area (Å²) in [6.45, 7) is 7.50. The highest BCUT2D eigenvalue weighted by atomic mass is 19.1. The van der Waals surface area contributed by atoms with Crippen LogP contribution >= 0.6 is 0 Å². The summed E-state index contributed by atoms with van der Waals surface area (Å²) in [5.74, 6) is 0.0489. The number of hydrogen-bond acceptors (Lipinski definition) is 7. The molecule has 2 aromatic heterocycles. The molecular formula is C28H32FN7O2. The highest BCUT2D eigenvalue weighted by Crippen LogP contribution is 2.32. The fourth-order valence-electron chi connectivity index (χ4n) is 4.69. The number of amidine groups is 1. The number of aromatic amines is 1. The molecule has 38 heavy (non-hydrogen) atoms. The number of nitrogens with one attached hydrogen (secondary N) is 4. The van der Waals surface area contributed by atoms with Gasteiger partial charge in [0.2, 0.25) is 0 Å². The van der Waals surface area contributed by atoms with Crippen molar-refractivity contribution in [2.45, 2.75) is 20.3 Å². The first-order chi connectivity index (χ1) is 18.4. The van der Waals surface area contributed by atoms with Crippen molar-refractivity contribution in [3.8, 4) is 5.75 Å². The molecule has 0 saturated carbocycles. The summed E-state index contributed by atoms with van der Waals surface area (Å²) in [5, 5.41) is 9.64. The first-order valence-corrected chi connectivity index (χ1v) is 12.8. The molecule has 10 heteroatoms. The molecule has 1 aromatic carbocycles. The number of rotatable bonds is 5. The molecule has 1 unspecified atom stereocenters. The summed E-state index contributed by atoms with van der Waals surface area (Å²) in [4.78, 5) is 27.7. The molecule has 1 saturated heterocycles. The predicted octanol–water partition coefficient (Wildman–Crippen LogP) is 3.86. The van der Waals surface area contributed by atoms with E-state index in [1.54, 1.807) is 37.6 Å². The Morgan fingerprint density at radius 3 is 2.76 bits per heavy atom. The van der Waals surface area contributed by atoms with Crippen molar-refractivity contribution in [3.63, 3.8) is 0 Å². The largest absolute Gasteiger partial charge is 0.457 e. The van der Waals surface area contributed by atoms with Gasteiger partial charge >= 0.3 is 0 Å². The van der Waals surface area contributed by atoms with Gasteiger partial charge in [0.1, 0.15) is 23.0 Å². The summed E-state index contributed by atoms with van der Waals surface area (Å²) < 4.78 is 21.6. The summed E-state index contributed by atoms with van der Waals surface area (Å²) >= 11 is 0. The lowest BCUT2D eigenvalue weighted by Gasteiger charge is -2.29. The maximum Gasteiger partial charge on any atom is 0.258 e. The highest BCUT2D eigenvalue weighted by Gasteiger charge is 2.28. The third-order valence-electron chi connectivity index (χ3n) is 6.72. The zero-order valence-corrected chi connectivity index (χ0v) is 21.8. The van der Waals surface area contributed by atoms with Crippen molar-refractivity contribution >= 4 is 34.2 Å². The number of H-pyrrole nitrogens is 1. The second-order valence-electron chi connectivity index (χ2n) is 9.47. The third kappa shape index (κ3) is 5.26. The number of ether oxygens (including phenoxy) is 1. The lowest BCUT2D eigenvalue weighted by atomic mass is 9.98. The molecule has 0 aliphatic carbocycles. The van der Waals surface area contributed by atoms with Crippen LogP contribution in [0.5, 0.6) is 5.75 Å². The summed E-state index contributed by atoms with van der Waals surface area (Å²) in [6.07, 6.45) is 5.92. The Bertz CT molecular complexity index is 1420. The number of aromatic nitrogens is 2. The van der Waals surface area contributed by atoms with Gasteiger partial charge in [-0.05, 0) is 43.7 Å². The van der Waals surface area contributed by atoms with Crippen LogP contribution in [0.25, 0.3) is 10.9 Å². The molecule has 0 bridgehead atoms. The average molecular weight is 518 g/mol. The lowest BCUT2D eigenvalue weighted by Crippen LogP contribution is -2.43. The number of aliphatic imine (C=N–C) groups is 1. The number of hydrogen-bond donors (Lipinski definition) is 4. The number of benzene rings is 1. The number of carbonyl (C=O) groups is 1. The minimum absolute atomic E-state index is 0.0437. The number of fused-ring (bicyclic) bond motifs is 1. The van der Waals surface area contributed by atoms with Crippen LogP contribution in [0.15, 0.2) is 65.1 Å². The Morgan fingerprint density at radius 2 is 2.03 bits per heavy atom. The Kier molecular flexibility index (Phi) is 7.41. The van der Waals surface area contributed by atoms with E-state index in [0.717, 1.165) is 37.6 Å². The van der Waals surface area contributed by atoms with Crippen LogP contribution in [0.1, 0.15) is 19.0 Å². The molecule has 2 aliphatic rings. The van der Waals surface area contributed by atoms with Gasteiger partial charge in [0.05, 0.1) is 11.9 Å². The number of nitrogens with zero attached hydrogens (tertiary/aromatic N) is 3. The summed E-state index contributed by atoms with van der Waals surface area (Å²) in [5.41, 5.74) is 2.75. The van der Waals surface area contributed by atoms with E-state index in [1.807, 2.05) is 32.1 Å². The minimum Gasteiger partial charge on any atom is -0.457 e. The fourth-order valence-corrected chi connectivity index (χ4v) is 4.69. The number of carbonyl (C=O) groups excluding carboxylic acids is 1. The fraction of sp³-hybridized carbons (Fsp3) is 0.321. The normalized spacial score (nSPS) is 22.3. The lowest BCUT2D eigenvalue weighted by molar-refractivity contribution is -0.116. The molecule has 0 spiro atoms. The molecule has 4 N–H and O–H groups in total. The second-order valence-corrected chi connectivity index (χ2v) is 9.47. The van der Waals surface area contributed by atoms with E-state index < -0.39 is 11.7 Å². The zero-order valence-electron chi connectivity index (χ0n) is 21.8. The van der Waals surface area contributed by atoms with E-state index in [4.69, 9.17) is 4.74 Å². The van der Waals surface area contributed by atoms with E-state index in [1.165, 1.54) is 0 Å². The number of anilines is 2. The molecule has 9 nitrogen and oxygen atoms in total. The molecule has 2 aliphatic heterocycles. The van der Waals surface area contributed by atoms with E-state index in [0.29, 0.717) is 28.9 Å². The van der Waals surface area contributed by atoms with E-state index >= 15 is 4.39 Å². The zero-order chi connectivity index (χ0) is 26.6. The Balaban J connectivity index is 1.50. The summed E-state index contributed by atoms with van der Waals surface area (Å²) in [7, 11) is 1.54. The van der Waals surface area contributed by atoms with Gasteiger partial charge in [-0.15, -0.1) is 0 Å². The van der Waals surface area contributed by atoms with Crippen molar-refractivity contribution in [2.75, 3.05) is 43.4 Å². The van der Waals surface area contributed by atoms with Crippen LogP contribution in [0, 0.1) is 18.7 Å². The topological polar surface area (TPSA) is 107 Å². The molecule has 4 heterocycles. The Labute approximate surface area is 220 Å². The quantitative estimate of drug-likeness (QED) is 0.410. The third-order valence-corrected chi connectivity index (χ3v) is 6.72. The molecule has 0 radical (unpaired) electrons. The second kappa shape index (κ2) is 11.1. The Morgan fingerprint density at radius 1 is 1.21 bits per heavy atom.